The molecule has 2 aliphatic rings. The van der Waals surface area contributed by atoms with E-state index < -0.39 is 0 Å². The van der Waals surface area contributed by atoms with Gasteiger partial charge in [0.25, 0.3) is 0 Å². The van der Waals surface area contributed by atoms with Gasteiger partial charge in [-0.3, -0.25) is 9.69 Å². The van der Waals surface area contributed by atoms with E-state index in [-0.39, 0.29) is 17.4 Å². The Morgan fingerprint density at radius 1 is 1.27 bits per heavy atom. The molecule has 0 spiro atoms. The third-order valence-corrected chi connectivity index (χ3v) is 6.54. The first-order valence-electron chi connectivity index (χ1n) is 10.4. The van der Waals surface area contributed by atoms with Crippen LogP contribution in [0.4, 0.5) is 0 Å². The zero-order valence-corrected chi connectivity index (χ0v) is 16.3. The van der Waals surface area contributed by atoms with Crippen LogP contribution in [0.3, 0.4) is 0 Å². The molecule has 26 heavy (non-hydrogen) atoms. The van der Waals surface area contributed by atoms with E-state index in [9.17, 15) is 4.79 Å². The number of likely N-dealkylation sites (tertiary alicyclic amines) is 1. The Morgan fingerprint density at radius 3 is 2.69 bits per heavy atom. The number of rotatable bonds is 7. The topological polar surface area (TPSA) is 58.4 Å². The molecule has 1 saturated carbocycles. The average Bonchev–Trinajstić information content (AvgIpc) is 3.12. The first-order valence-corrected chi connectivity index (χ1v) is 10.4. The van der Waals surface area contributed by atoms with Gasteiger partial charge in [0.05, 0.1) is 0 Å². The van der Waals surface area contributed by atoms with Gasteiger partial charge in [0.15, 0.2) is 0 Å². The van der Waals surface area contributed by atoms with Crippen molar-refractivity contribution in [1.82, 2.24) is 10.2 Å². The van der Waals surface area contributed by atoms with Crippen LogP contribution in [0.2, 0.25) is 0 Å². The van der Waals surface area contributed by atoms with Crippen LogP contribution in [0.1, 0.15) is 57.4 Å². The van der Waals surface area contributed by atoms with Crippen LogP contribution in [0, 0.1) is 11.3 Å². The van der Waals surface area contributed by atoms with Crippen LogP contribution in [0.25, 0.3) is 0 Å². The van der Waals surface area contributed by atoms with Crippen LogP contribution in [-0.4, -0.2) is 36.5 Å². The standard InChI is InChI=1S/C22H35N3O/c1-18(24-21(26)14-22(17-23)11-6-3-7-12-22)20-10-13-25(16-20)15-19-8-4-2-5-9-19/h2,4-5,8-9,18,20H,3,6-7,10-17,23H2,1H3,(H,24,26). The molecule has 1 saturated heterocycles. The molecule has 1 aliphatic carbocycles. The highest BCUT2D eigenvalue weighted by atomic mass is 16.1. The van der Waals surface area contributed by atoms with Crippen molar-refractivity contribution in [2.45, 2.75) is 64.5 Å². The smallest absolute Gasteiger partial charge is 0.220 e. The first-order chi connectivity index (χ1) is 12.6. The fourth-order valence-electron chi connectivity index (χ4n) is 4.77. The summed E-state index contributed by atoms with van der Waals surface area (Å²) in [5, 5.41) is 3.29. The van der Waals surface area contributed by atoms with Gasteiger partial charge in [0, 0.05) is 25.6 Å². The Labute approximate surface area is 158 Å². The Kier molecular flexibility index (Phi) is 6.71. The van der Waals surface area contributed by atoms with Gasteiger partial charge in [0.1, 0.15) is 0 Å². The lowest BCUT2D eigenvalue weighted by Gasteiger charge is -2.36. The predicted molar refractivity (Wildman–Crippen MR) is 107 cm³/mol. The largest absolute Gasteiger partial charge is 0.353 e. The number of carbonyl (C=O) groups is 1. The second-order valence-electron chi connectivity index (χ2n) is 8.57. The maximum Gasteiger partial charge on any atom is 0.220 e. The summed E-state index contributed by atoms with van der Waals surface area (Å²) in [5.74, 6) is 0.745. The van der Waals surface area contributed by atoms with Gasteiger partial charge in [-0.15, -0.1) is 0 Å². The number of carbonyl (C=O) groups excluding carboxylic acids is 1. The molecule has 4 nitrogen and oxygen atoms in total. The minimum atomic E-state index is 0.0527. The highest BCUT2D eigenvalue weighted by Crippen LogP contribution is 2.38. The average molecular weight is 358 g/mol. The summed E-state index contributed by atoms with van der Waals surface area (Å²) in [7, 11) is 0. The van der Waals surface area contributed by atoms with E-state index in [0.29, 0.717) is 18.9 Å². The molecule has 144 valence electrons. The van der Waals surface area contributed by atoms with Crippen molar-refractivity contribution in [2.24, 2.45) is 17.1 Å². The summed E-state index contributed by atoms with van der Waals surface area (Å²) in [6.45, 7) is 6.01. The molecule has 0 aromatic heterocycles. The number of nitrogens with two attached hydrogens (primary N) is 1. The molecule has 2 unspecified atom stereocenters. The minimum Gasteiger partial charge on any atom is -0.353 e. The van der Waals surface area contributed by atoms with Crippen molar-refractivity contribution < 1.29 is 4.79 Å². The molecule has 0 bridgehead atoms. The van der Waals surface area contributed by atoms with Crippen molar-refractivity contribution in [3.05, 3.63) is 35.9 Å². The quantitative estimate of drug-likeness (QED) is 0.787. The fourth-order valence-corrected chi connectivity index (χ4v) is 4.77. The molecule has 4 heteroatoms. The Balaban J connectivity index is 1.46. The van der Waals surface area contributed by atoms with Gasteiger partial charge < -0.3 is 11.1 Å². The van der Waals surface area contributed by atoms with Crippen LogP contribution < -0.4 is 11.1 Å². The summed E-state index contributed by atoms with van der Waals surface area (Å²) in [4.78, 5) is 15.1. The third-order valence-electron chi connectivity index (χ3n) is 6.54. The lowest BCUT2D eigenvalue weighted by atomic mass is 9.71. The Bertz CT molecular complexity index is 568. The van der Waals surface area contributed by atoms with Crippen molar-refractivity contribution in [1.29, 1.82) is 0 Å². The van der Waals surface area contributed by atoms with Crippen molar-refractivity contribution in [3.63, 3.8) is 0 Å². The first kappa shape index (κ1) is 19.4. The molecule has 1 aromatic carbocycles. The molecular formula is C22H35N3O. The lowest BCUT2D eigenvalue weighted by Crippen LogP contribution is -2.43. The summed E-state index contributed by atoms with van der Waals surface area (Å²) in [6, 6.07) is 10.9. The van der Waals surface area contributed by atoms with E-state index in [2.05, 4.69) is 47.5 Å². The highest BCUT2D eigenvalue weighted by Gasteiger charge is 2.34. The van der Waals surface area contributed by atoms with E-state index in [1.165, 1.54) is 24.8 Å². The number of benzene rings is 1. The second-order valence-corrected chi connectivity index (χ2v) is 8.57. The van der Waals surface area contributed by atoms with Crippen LogP contribution in [0.5, 0.6) is 0 Å². The summed E-state index contributed by atoms with van der Waals surface area (Å²) >= 11 is 0. The van der Waals surface area contributed by atoms with Gasteiger partial charge in [-0.05, 0) is 56.2 Å². The molecule has 1 amide bonds. The van der Waals surface area contributed by atoms with Crippen LogP contribution in [-0.2, 0) is 11.3 Å². The van der Waals surface area contributed by atoms with Gasteiger partial charge in [0.2, 0.25) is 5.91 Å². The molecule has 1 aliphatic heterocycles. The molecule has 1 heterocycles. The molecule has 0 radical (unpaired) electrons. The van der Waals surface area contributed by atoms with Crippen molar-refractivity contribution in [2.75, 3.05) is 19.6 Å². The molecular weight excluding hydrogens is 322 g/mol. The lowest BCUT2D eigenvalue weighted by molar-refractivity contribution is -0.124. The number of nitrogens with one attached hydrogen (secondary N) is 1. The van der Waals surface area contributed by atoms with E-state index in [4.69, 9.17) is 5.73 Å². The normalized spacial score (nSPS) is 24.3. The predicted octanol–water partition coefficient (Wildman–Crippen LogP) is 3.31. The Morgan fingerprint density at radius 2 is 2.00 bits per heavy atom. The molecule has 2 fully saturated rings. The van der Waals surface area contributed by atoms with Gasteiger partial charge >= 0.3 is 0 Å². The number of hydrogen-bond donors (Lipinski definition) is 2. The van der Waals surface area contributed by atoms with Crippen molar-refractivity contribution >= 4 is 5.91 Å². The van der Waals surface area contributed by atoms with Crippen LogP contribution in [0.15, 0.2) is 30.3 Å². The summed E-state index contributed by atoms with van der Waals surface area (Å²) in [5.41, 5.74) is 7.46. The number of nitrogens with zero attached hydrogens (tertiary/aromatic N) is 1. The van der Waals surface area contributed by atoms with Gasteiger partial charge in [-0.2, -0.15) is 0 Å². The SMILES string of the molecule is CC(NC(=O)CC1(CN)CCCCC1)C1CCN(Cc2ccccc2)C1. The fraction of sp³-hybridized carbons (Fsp3) is 0.682. The highest BCUT2D eigenvalue weighted by molar-refractivity contribution is 5.77. The molecule has 3 rings (SSSR count). The molecule has 2 atom stereocenters. The van der Waals surface area contributed by atoms with Gasteiger partial charge in [-0.1, -0.05) is 49.6 Å². The zero-order valence-electron chi connectivity index (χ0n) is 16.3. The molecule has 3 N–H and O–H groups in total. The van der Waals surface area contributed by atoms with Gasteiger partial charge in [-0.25, -0.2) is 0 Å². The summed E-state index contributed by atoms with van der Waals surface area (Å²) < 4.78 is 0. The minimum absolute atomic E-state index is 0.0527. The maximum absolute atomic E-state index is 12.6. The van der Waals surface area contributed by atoms with E-state index >= 15 is 0 Å². The van der Waals surface area contributed by atoms with E-state index in [0.717, 1.165) is 38.9 Å². The zero-order chi connectivity index (χ0) is 18.4. The number of hydrogen-bond acceptors (Lipinski definition) is 3. The number of amides is 1. The van der Waals surface area contributed by atoms with Crippen LogP contribution >= 0.6 is 0 Å². The van der Waals surface area contributed by atoms with Crippen molar-refractivity contribution in [3.8, 4) is 0 Å². The maximum atomic E-state index is 12.6. The monoisotopic (exact) mass is 357 g/mol. The molecule has 1 aromatic rings. The second kappa shape index (κ2) is 9.01. The van der Waals surface area contributed by atoms with E-state index in [1.807, 2.05) is 0 Å². The van der Waals surface area contributed by atoms with E-state index in [1.54, 1.807) is 0 Å². The Hall–Kier alpha value is -1.39. The third kappa shape index (κ3) is 5.08. The summed E-state index contributed by atoms with van der Waals surface area (Å²) in [6.07, 6.45) is 7.72.